The molecule has 0 saturated carbocycles. The number of nitrogens with two attached hydrogens (primary N) is 1. The second kappa shape index (κ2) is 6.37. The van der Waals surface area contributed by atoms with Crippen LogP contribution in [0.4, 0.5) is 5.82 Å². The summed E-state index contributed by atoms with van der Waals surface area (Å²) >= 11 is 0. The van der Waals surface area contributed by atoms with E-state index in [9.17, 15) is 9.90 Å². The molecule has 1 aliphatic carbocycles. The van der Waals surface area contributed by atoms with Crippen LogP contribution in [0.1, 0.15) is 29.4 Å². The molecule has 0 bridgehead atoms. The normalized spacial score (nSPS) is 20.3. The highest BCUT2D eigenvalue weighted by atomic mass is 16.3. The Morgan fingerprint density at radius 3 is 3.03 bits per heavy atom. The van der Waals surface area contributed by atoms with Crippen molar-refractivity contribution in [2.45, 2.75) is 25.4 Å². The summed E-state index contributed by atoms with van der Waals surface area (Å²) in [6, 6.07) is 6.74. The molecule has 0 saturated heterocycles. The van der Waals surface area contributed by atoms with Crippen molar-refractivity contribution in [3.8, 4) is 5.75 Å². The Kier molecular flexibility index (Phi) is 3.80. The Labute approximate surface area is 166 Å². The molecule has 0 spiro atoms. The number of phenols is 1. The number of anilines is 1. The molecule has 146 valence electrons. The van der Waals surface area contributed by atoms with Gasteiger partial charge in [0.1, 0.15) is 11.6 Å². The number of carbonyl (C=O) groups excluding carboxylic acids is 1. The van der Waals surface area contributed by atoms with Crippen LogP contribution in [-0.2, 0) is 0 Å². The van der Waals surface area contributed by atoms with E-state index >= 15 is 0 Å². The molecule has 3 aromatic rings. The molecule has 8 heteroatoms. The summed E-state index contributed by atoms with van der Waals surface area (Å²) in [6.07, 6.45) is 8.31. The number of fused-ring (bicyclic) bond motifs is 2. The van der Waals surface area contributed by atoms with E-state index in [1.807, 2.05) is 18.2 Å². The molecule has 29 heavy (non-hydrogen) atoms. The highest BCUT2D eigenvalue weighted by molar-refractivity contribution is 6.12. The summed E-state index contributed by atoms with van der Waals surface area (Å²) in [4.78, 5) is 20.7. The van der Waals surface area contributed by atoms with Gasteiger partial charge in [-0.15, -0.1) is 0 Å². The van der Waals surface area contributed by atoms with Crippen molar-refractivity contribution in [3.63, 3.8) is 0 Å². The highest BCUT2D eigenvalue weighted by Crippen LogP contribution is 2.27. The number of nitrogens with zero attached hydrogens (tertiary/aromatic N) is 3. The maximum absolute atomic E-state index is 13.0. The zero-order valence-electron chi connectivity index (χ0n) is 15.8. The third-order valence-corrected chi connectivity index (χ3v) is 5.30. The highest BCUT2D eigenvalue weighted by Gasteiger charge is 2.28. The van der Waals surface area contributed by atoms with Gasteiger partial charge in [-0.1, -0.05) is 13.0 Å². The zero-order valence-corrected chi connectivity index (χ0v) is 15.8. The van der Waals surface area contributed by atoms with Crippen LogP contribution in [0.25, 0.3) is 16.6 Å². The number of nitrogens with one attached hydrogen (secondary N) is 2. The van der Waals surface area contributed by atoms with Gasteiger partial charge in [-0.05, 0) is 36.4 Å². The number of ketones is 1. The first kappa shape index (κ1) is 17.3. The van der Waals surface area contributed by atoms with Crippen LogP contribution in [0.15, 0.2) is 53.7 Å². The summed E-state index contributed by atoms with van der Waals surface area (Å²) in [5, 5.41) is 18.1. The number of allylic oxidation sites excluding steroid dienone is 2. The van der Waals surface area contributed by atoms with Gasteiger partial charge in [-0.2, -0.15) is 5.10 Å². The van der Waals surface area contributed by atoms with Gasteiger partial charge < -0.3 is 21.1 Å². The molecular formula is C21H20N6O2. The number of H-pyrrole nitrogens is 1. The van der Waals surface area contributed by atoms with Crippen LogP contribution in [-0.4, -0.2) is 43.6 Å². The Morgan fingerprint density at radius 1 is 1.34 bits per heavy atom. The standard InChI is InChI=1S/C21H20N6O2/c1-2-19-25-16-5-3-12(9-17(16)26-19)27-21(22)14(10-23-27)20(29)18-8-11-7-13(28)4-6-15(11)24-18/h3-10,16-17,24,28H,2,22H2,1H3,(H,25,26). The minimum atomic E-state index is -0.252. The number of rotatable bonds is 4. The lowest BCUT2D eigenvalue weighted by Gasteiger charge is -2.18. The van der Waals surface area contributed by atoms with Crippen molar-refractivity contribution < 1.29 is 9.90 Å². The molecule has 5 rings (SSSR count). The van der Waals surface area contributed by atoms with Gasteiger partial charge in [0, 0.05) is 17.3 Å². The Bertz CT molecular complexity index is 1230. The number of benzene rings is 1. The van der Waals surface area contributed by atoms with Gasteiger partial charge >= 0.3 is 0 Å². The largest absolute Gasteiger partial charge is 0.508 e. The van der Waals surface area contributed by atoms with Crippen LogP contribution in [0.2, 0.25) is 0 Å². The predicted molar refractivity (Wildman–Crippen MR) is 112 cm³/mol. The Morgan fingerprint density at radius 2 is 2.21 bits per heavy atom. The smallest absolute Gasteiger partial charge is 0.214 e. The number of aromatic hydroxyl groups is 1. The lowest BCUT2D eigenvalue weighted by atomic mass is 10.0. The van der Waals surface area contributed by atoms with Crippen molar-refractivity contribution in [1.29, 1.82) is 0 Å². The molecule has 2 unspecified atom stereocenters. The van der Waals surface area contributed by atoms with Crippen LogP contribution in [0.5, 0.6) is 5.75 Å². The van der Waals surface area contributed by atoms with Gasteiger partial charge in [-0.3, -0.25) is 9.79 Å². The van der Waals surface area contributed by atoms with Crippen LogP contribution in [0.3, 0.4) is 0 Å². The van der Waals surface area contributed by atoms with Crippen molar-refractivity contribution in [2.24, 2.45) is 4.99 Å². The average Bonchev–Trinajstić information content (AvgIpc) is 3.42. The lowest BCUT2D eigenvalue weighted by Crippen LogP contribution is -2.33. The predicted octanol–water partition coefficient (Wildman–Crippen LogP) is 2.44. The zero-order chi connectivity index (χ0) is 20.1. The first-order valence-corrected chi connectivity index (χ1v) is 9.47. The molecule has 8 nitrogen and oxygen atoms in total. The molecule has 2 aliphatic rings. The molecule has 1 aromatic carbocycles. The molecule has 0 amide bonds. The number of aromatic nitrogens is 3. The second-order valence-electron chi connectivity index (χ2n) is 7.18. The third kappa shape index (κ3) is 2.80. The van der Waals surface area contributed by atoms with Gasteiger partial charge in [0.2, 0.25) is 5.78 Å². The van der Waals surface area contributed by atoms with Crippen LogP contribution < -0.4 is 11.1 Å². The van der Waals surface area contributed by atoms with E-state index in [1.54, 1.807) is 28.9 Å². The van der Waals surface area contributed by atoms with Gasteiger partial charge in [-0.25, -0.2) is 4.68 Å². The number of hydrogen-bond acceptors (Lipinski definition) is 6. The van der Waals surface area contributed by atoms with Crippen LogP contribution >= 0.6 is 0 Å². The first-order valence-electron chi connectivity index (χ1n) is 9.47. The second-order valence-corrected chi connectivity index (χ2v) is 7.18. The van der Waals surface area contributed by atoms with E-state index < -0.39 is 0 Å². The molecule has 0 radical (unpaired) electrons. The number of carbonyl (C=O) groups is 1. The lowest BCUT2D eigenvalue weighted by molar-refractivity contribution is 0.103. The maximum Gasteiger partial charge on any atom is 0.214 e. The van der Waals surface area contributed by atoms with Crippen molar-refractivity contribution >= 4 is 34.0 Å². The van der Waals surface area contributed by atoms with Crippen molar-refractivity contribution in [1.82, 2.24) is 20.1 Å². The van der Waals surface area contributed by atoms with E-state index in [-0.39, 0.29) is 29.4 Å². The molecule has 2 atom stereocenters. The first-order chi connectivity index (χ1) is 14.0. The van der Waals surface area contributed by atoms with Crippen molar-refractivity contribution in [2.75, 3.05) is 5.73 Å². The van der Waals surface area contributed by atoms with E-state index in [0.717, 1.165) is 28.9 Å². The fourth-order valence-corrected chi connectivity index (χ4v) is 3.78. The minimum absolute atomic E-state index is 0.0640. The fraction of sp³-hybridized carbons (Fsp3) is 0.190. The average molecular weight is 388 g/mol. The Hall–Kier alpha value is -3.81. The monoisotopic (exact) mass is 388 g/mol. The molecular weight excluding hydrogens is 368 g/mol. The number of phenolic OH excluding ortho intramolecular Hbond substituents is 1. The molecule has 0 fully saturated rings. The topological polar surface area (TPSA) is 121 Å². The van der Waals surface area contributed by atoms with E-state index in [0.29, 0.717) is 11.3 Å². The van der Waals surface area contributed by atoms with E-state index in [2.05, 4.69) is 27.3 Å². The van der Waals surface area contributed by atoms with Gasteiger partial charge in [0.25, 0.3) is 0 Å². The number of aliphatic imine (C=N–C) groups is 1. The van der Waals surface area contributed by atoms with E-state index in [1.165, 1.54) is 6.20 Å². The molecule has 1 aliphatic heterocycles. The minimum Gasteiger partial charge on any atom is -0.508 e. The van der Waals surface area contributed by atoms with Crippen LogP contribution in [0, 0.1) is 0 Å². The number of amidine groups is 1. The van der Waals surface area contributed by atoms with Gasteiger partial charge in [0.05, 0.1) is 41.1 Å². The number of aromatic amines is 1. The summed E-state index contributed by atoms with van der Waals surface area (Å²) in [6.45, 7) is 2.06. The molecule has 3 heterocycles. The van der Waals surface area contributed by atoms with Gasteiger partial charge in [0.15, 0.2) is 0 Å². The molecule has 2 aromatic heterocycles. The number of hydrogen-bond donors (Lipinski definition) is 4. The molecule has 5 N–H and O–H groups in total. The quantitative estimate of drug-likeness (QED) is 0.512. The summed E-state index contributed by atoms with van der Waals surface area (Å²) in [7, 11) is 0. The number of nitrogen functional groups attached to an aromatic ring is 1. The third-order valence-electron chi connectivity index (χ3n) is 5.30. The Balaban J connectivity index is 1.45. The summed E-state index contributed by atoms with van der Waals surface area (Å²) in [5.74, 6) is 1.16. The summed E-state index contributed by atoms with van der Waals surface area (Å²) in [5.41, 5.74) is 8.56. The van der Waals surface area contributed by atoms with Crippen molar-refractivity contribution in [3.05, 3.63) is 59.9 Å². The maximum atomic E-state index is 13.0. The SMILES string of the molecule is CCC1=NC2C=CC(n3ncc(C(=O)c4cc5cc(O)ccc5[nH]4)c3N)=CC2N1. The van der Waals surface area contributed by atoms with E-state index in [4.69, 9.17) is 5.73 Å². The summed E-state index contributed by atoms with van der Waals surface area (Å²) < 4.78 is 1.57. The fourth-order valence-electron chi connectivity index (χ4n) is 3.78.